The van der Waals surface area contributed by atoms with Crippen LogP contribution in [-0.4, -0.2) is 35.8 Å². The Morgan fingerprint density at radius 2 is 1.97 bits per heavy atom. The van der Waals surface area contributed by atoms with Crippen LogP contribution in [0.5, 0.6) is 11.5 Å². The number of carbonyl (C=O) groups is 1. The number of carboxylic acid groups (broad SMARTS) is 1. The number of methoxy groups -OCH3 is 1. The number of aromatic carboxylic acids is 1. The smallest absolute Gasteiger partial charge is 0.339 e. The van der Waals surface area contributed by atoms with E-state index < -0.39 is 5.97 Å². The zero-order valence-electron chi connectivity index (χ0n) is 21.3. The van der Waals surface area contributed by atoms with Gasteiger partial charge < -0.3 is 25.0 Å². The fraction of sp³-hybridized carbons (Fsp3) is 0.464. The molecule has 0 heterocycles. The largest absolute Gasteiger partial charge is 0.506 e. The first-order chi connectivity index (χ1) is 17.4. The summed E-state index contributed by atoms with van der Waals surface area (Å²) < 4.78 is 11.0. The third-order valence-corrected chi connectivity index (χ3v) is 9.36. The summed E-state index contributed by atoms with van der Waals surface area (Å²) >= 11 is 12.3. The number of aromatic hydroxyl groups is 1. The molecule has 3 atom stereocenters. The van der Waals surface area contributed by atoms with Gasteiger partial charge in [0, 0.05) is 28.4 Å². The van der Waals surface area contributed by atoms with E-state index in [-0.39, 0.29) is 57.7 Å². The number of anilines is 1. The summed E-state index contributed by atoms with van der Waals surface area (Å²) in [6.45, 7) is 6.77. The third-order valence-electron chi connectivity index (χ3n) is 8.85. The van der Waals surface area contributed by atoms with Gasteiger partial charge in [0.25, 0.3) is 0 Å². The number of phenols is 1. The van der Waals surface area contributed by atoms with Crippen LogP contribution in [0.4, 0.5) is 5.69 Å². The number of rotatable bonds is 9. The normalized spacial score (nSPS) is 23.4. The van der Waals surface area contributed by atoms with Gasteiger partial charge in [0.15, 0.2) is 12.5 Å². The quantitative estimate of drug-likeness (QED) is 0.237. The molecular weight excluding hydrogens is 517 g/mol. The van der Waals surface area contributed by atoms with Gasteiger partial charge in [-0.25, -0.2) is 9.59 Å². The van der Waals surface area contributed by atoms with Crippen LogP contribution in [0.2, 0.25) is 10.0 Å². The molecule has 198 valence electrons. The number of hydrogen-bond donors (Lipinski definition) is 3. The van der Waals surface area contributed by atoms with Gasteiger partial charge in [-0.1, -0.05) is 44.0 Å². The molecule has 2 fully saturated rings. The van der Waals surface area contributed by atoms with Gasteiger partial charge >= 0.3 is 5.97 Å². The van der Waals surface area contributed by atoms with Crippen molar-refractivity contribution in [2.45, 2.75) is 52.5 Å². The lowest BCUT2D eigenvalue weighted by molar-refractivity contribution is 0.0691. The lowest BCUT2D eigenvalue weighted by atomic mass is 9.64. The summed E-state index contributed by atoms with van der Waals surface area (Å²) in [5, 5.41) is 24.4. The van der Waals surface area contributed by atoms with E-state index in [1.165, 1.54) is 19.2 Å². The molecule has 2 saturated carbocycles. The molecule has 2 aliphatic rings. The van der Waals surface area contributed by atoms with Gasteiger partial charge in [-0.2, -0.15) is 0 Å². The van der Waals surface area contributed by atoms with Gasteiger partial charge in [0.05, 0.1) is 12.1 Å². The average Bonchev–Trinajstić information content (AvgIpc) is 3.19. The molecule has 0 aromatic heterocycles. The Morgan fingerprint density at radius 1 is 1.24 bits per heavy atom. The second kappa shape index (κ2) is 10.1. The lowest BCUT2D eigenvalue weighted by Gasteiger charge is -2.40. The van der Waals surface area contributed by atoms with Gasteiger partial charge in [-0.3, -0.25) is 0 Å². The summed E-state index contributed by atoms with van der Waals surface area (Å²) in [5.41, 5.74) is 1.86. The number of ether oxygens (including phenoxy) is 2. The molecule has 3 unspecified atom stereocenters. The van der Waals surface area contributed by atoms with Gasteiger partial charge in [-0.05, 0) is 66.2 Å². The number of fused-ring (bicyclic) bond motifs is 2. The van der Waals surface area contributed by atoms with E-state index in [1.54, 1.807) is 18.1 Å². The first kappa shape index (κ1) is 27.2. The van der Waals surface area contributed by atoms with Crippen LogP contribution in [0.3, 0.4) is 0 Å². The topological polar surface area (TPSA) is 105 Å². The van der Waals surface area contributed by atoms with Crippen LogP contribution >= 0.6 is 23.2 Å². The molecule has 2 aromatic carbocycles. The van der Waals surface area contributed by atoms with Crippen molar-refractivity contribution in [3.63, 3.8) is 0 Å². The Morgan fingerprint density at radius 3 is 2.54 bits per heavy atom. The molecule has 0 amide bonds. The summed E-state index contributed by atoms with van der Waals surface area (Å²) in [4.78, 5) is 23.5. The average molecular weight is 548 g/mol. The summed E-state index contributed by atoms with van der Waals surface area (Å²) in [7, 11) is 1.34. The highest BCUT2D eigenvalue weighted by atomic mass is 35.5. The Balaban J connectivity index is 1.84. The molecule has 0 saturated heterocycles. The molecule has 9 heteroatoms. The molecule has 2 bridgehead atoms. The van der Waals surface area contributed by atoms with E-state index in [0.29, 0.717) is 22.2 Å². The number of phenolic OH excluding ortho intramolecular Hbond substituents is 1. The molecule has 7 nitrogen and oxygen atoms in total. The van der Waals surface area contributed by atoms with Crippen molar-refractivity contribution >= 4 is 40.8 Å². The SMILES string of the molecule is COC(=C=O)COc1c(C(=O)O)ccc(NCc2cc(Cl)cc(Cl)c2O)c1C1CC2CCC1(C)C2(C)C. The van der Waals surface area contributed by atoms with Crippen LogP contribution < -0.4 is 10.1 Å². The standard InChI is InChI=1S/C28H31Cl2NO6/c1-27(2)16-7-8-28(27,3)20(10-16)23-22(31-12-15-9-17(29)11-21(30)24(15)33)6-5-19(26(34)35)25(23)37-14-18(13-32)36-4/h5-6,9,11,16,20,31,33H,7-8,10,12,14H2,1-4H3,(H,34,35). The van der Waals surface area contributed by atoms with Crippen LogP contribution in [-0.2, 0) is 16.1 Å². The first-order valence-corrected chi connectivity index (χ1v) is 12.9. The van der Waals surface area contributed by atoms with Crippen molar-refractivity contribution < 1.29 is 29.3 Å². The van der Waals surface area contributed by atoms with Crippen molar-refractivity contribution in [1.82, 2.24) is 0 Å². The van der Waals surface area contributed by atoms with E-state index in [4.69, 9.17) is 32.7 Å². The molecule has 2 aliphatic carbocycles. The number of nitrogens with one attached hydrogen (secondary N) is 1. The predicted molar refractivity (Wildman–Crippen MR) is 143 cm³/mol. The van der Waals surface area contributed by atoms with Gasteiger partial charge in [0.2, 0.25) is 5.76 Å². The summed E-state index contributed by atoms with van der Waals surface area (Å²) in [5.74, 6) is 1.09. The maximum atomic E-state index is 12.3. The number of hydrogen-bond acceptors (Lipinski definition) is 6. The molecular formula is C28H31Cl2NO6. The Hall–Kier alpha value is -2.86. The zero-order valence-corrected chi connectivity index (χ0v) is 22.8. The molecule has 3 N–H and O–H groups in total. The van der Waals surface area contributed by atoms with Gasteiger partial charge in [0.1, 0.15) is 17.1 Å². The van der Waals surface area contributed by atoms with Crippen molar-refractivity contribution in [2.75, 3.05) is 19.0 Å². The van der Waals surface area contributed by atoms with Crippen molar-refractivity contribution in [2.24, 2.45) is 16.7 Å². The highest BCUT2D eigenvalue weighted by Crippen LogP contribution is 2.72. The highest BCUT2D eigenvalue weighted by Gasteiger charge is 2.62. The number of benzene rings is 2. The second-order valence-electron chi connectivity index (χ2n) is 10.6. The van der Waals surface area contributed by atoms with Crippen molar-refractivity contribution in [1.29, 1.82) is 0 Å². The van der Waals surface area contributed by atoms with E-state index in [1.807, 2.05) is 0 Å². The Bertz CT molecular complexity index is 1290. The van der Waals surface area contributed by atoms with Crippen LogP contribution in [0, 0.1) is 16.7 Å². The predicted octanol–water partition coefficient (Wildman–Crippen LogP) is 6.68. The summed E-state index contributed by atoms with van der Waals surface area (Å²) in [6, 6.07) is 6.29. The number of carbonyl (C=O) groups excluding carboxylic acids is 1. The molecule has 0 spiro atoms. The molecule has 4 rings (SSSR count). The first-order valence-electron chi connectivity index (χ1n) is 12.2. The van der Waals surface area contributed by atoms with Crippen LogP contribution in [0.1, 0.15) is 67.4 Å². The molecule has 0 aliphatic heterocycles. The van der Waals surface area contributed by atoms with Gasteiger partial charge in [-0.15, -0.1) is 0 Å². The second-order valence-corrected chi connectivity index (χ2v) is 11.5. The van der Waals surface area contributed by atoms with Crippen LogP contribution in [0.25, 0.3) is 0 Å². The Kier molecular flexibility index (Phi) is 7.44. The molecule has 2 aromatic rings. The van der Waals surface area contributed by atoms with E-state index in [9.17, 15) is 19.8 Å². The lowest BCUT2D eigenvalue weighted by Crippen LogP contribution is -2.32. The van der Waals surface area contributed by atoms with Crippen molar-refractivity contribution in [3.05, 3.63) is 56.8 Å². The highest BCUT2D eigenvalue weighted by molar-refractivity contribution is 6.35. The van der Waals surface area contributed by atoms with E-state index >= 15 is 0 Å². The summed E-state index contributed by atoms with van der Waals surface area (Å²) in [6.07, 6.45) is 3.01. The number of carboxylic acids is 1. The van der Waals surface area contributed by atoms with E-state index in [0.717, 1.165) is 24.8 Å². The minimum absolute atomic E-state index is 0.000251. The monoisotopic (exact) mass is 547 g/mol. The minimum Gasteiger partial charge on any atom is -0.506 e. The fourth-order valence-electron chi connectivity index (χ4n) is 6.28. The zero-order chi connectivity index (χ0) is 27.1. The third kappa shape index (κ3) is 4.65. The van der Waals surface area contributed by atoms with E-state index in [2.05, 4.69) is 26.1 Å². The maximum Gasteiger partial charge on any atom is 0.339 e. The minimum atomic E-state index is -1.14. The maximum absolute atomic E-state index is 12.3. The Labute approximate surface area is 226 Å². The number of halogens is 2. The fourth-order valence-corrected chi connectivity index (χ4v) is 6.81. The molecule has 0 radical (unpaired) electrons. The molecule has 37 heavy (non-hydrogen) atoms. The van der Waals surface area contributed by atoms with Crippen LogP contribution in [0.15, 0.2) is 30.0 Å². The van der Waals surface area contributed by atoms with Crippen molar-refractivity contribution in [3.8, 4) is 11.5 Å².